The van der Waals surface area contributed by atoms with Crippen LogP contribution < -0.4 is 4.98 Å². The zero-order valence-electron chi connectivity index (χ0n) is 15.7. The number of hydrogen-bond acceptors (Lipinski definition) is 3. The molecule has 124 valence electrons. The predicted molar refractivity (Wildman–Crippen MR) is 108 cm³/mol. The Bertz CT molecular complexity index is 301. The Labute approximate surface area is 147 Å². The molecular formula is C13H36AlClN3Si3+. The Kier molecular flexibility index (Phi) is 9.58. The standard InChI is InChI=1S/C13H36N3Si3.Al.ClH/c1-17(2,3)14-10-12-16(19(7,8)9)13-11-15-18(4,5)6;;/h14H,10-13H2,1-9H3;;1H/q-1;+3;/p-1. The van der Waals surface area contributed by atoms with Crippen molar-refractivity contribution in [3.8, 4) is 0 Å². The number of hydrogen-bond donors (Lipinski definition) is 1. The summed E-state index contributed by atoms with van der Waals surface area (Å²) in [6, 6.07) is 0. The fourth-order valence-electron chi connectivity index (χ4n) is 2.11. The minimum atomic E-state index is -1.26. The van der Waals surface area contributed by atoms with Crippen LogP contribution in [-0.2, 0) is 0 Å². The van der Waals surface area contributed by atoms with Crippen molar-refractivity contribution in [2.24, 2.45) is 0 Å². The topological polar surface area (TPSA) is 18.5 Å². The van der Waals surface area contributed by atoms with Crippen LogP contribution in [0, 0.1) is 0 Å². The third-order valence-electron chi connectivity index (χ3n) is 3.58. The van der Waals surface area contributed by atoms with Gasteiger partial charge in [0.1, 0.15) is 0 Å². The van der Waals surface area contributed by atoms with Gasteiger partial charge in [-0.05, 0) is 0 Å². The van der Waals surface area contributed by atoms with Gasteiger partial charge in [-0.25, -0.2) is 0 Å². The molecule has 0 heterocycles. The van der Waals surface area contributed by atoms with E-state index in [9.17, 15) is 0 Å². The molecule has 0 amide bonds. The van der Waals surface area contributed by atoms with Gasteiger partial charge in [-0.15, -0.1) is 0 Å². The maximum atomic E-state index is 6.24. The fourth-order valence-corrected chi connectivity index (χ4v) is 9.61. The summed E-state index contributed by atoms with van der Waals surface area (Å²) < 4.78 is 5.31. The quantitative estimate of drug-likeness (QED) is 0.585. The van der Waals surface area contributed by atoms with Gasteiger partial charge < -0.3 is 0 Å². The minimum absolute atomic E-state index is 0.0667. The van der Waals surface area contributed by atoms with Gasteiger partial charge in [0.15, 0.2) is 0 Å². The van der Waals surface area contributed by atoms with Gasteiger partial charge >= 0.3 is 147 Å². The molecule has 8 heteroatoms. The Morgan fingerprint density at radius 3 is 1.67 bits per heavy atom. The maximum absolute atomic E-state index is 6.24. The summed E-state index contributed by atoms with van der Waals surface area (Å²) in [5.41, 5.74) is 0. The van der Waals surface area contributed by atoms with Crippen LogP contribution in [0.3, 0.4) is 0 Å². The van der Waals surface area contributed by atoms with E-state index in [0.29, 0.717) is 0 Å². The second-order valence-corrected chi connectivity index (χ2v) is 25.5. The molecule has 1 N–H and O–H groups in total. The van der Waals surface area contributed by atoms with E-state index in [0.717, 1.165) is 13.1 Å². The Balaban J connectivity index is 4.51. The van der Waals surface area contributed by atoms with Crippen molar-refractivity contribution in [3.63, 3.8) is 0 Å². The predicted octanol–water partition coefficient (Wildman–Crippen LogP) is 3.46. The van der Waals surface area contributed by atoms with E-state index in [1.165, 1.54) is 13.1 Å². The van der Waals surface area contributed by atoms with Crippen LogP contribution in [0.5, 0.6) is 0 Å². The van der Waals surface area contributed by atoms with Gasteiger partial charge in [0.2, 0.25) is 0 Å². The molecule has 0 spiro atoms. The van der Waals surface area contributed by atoms with Crippen LogP contribution in [-0.4, -0.2) is 73.5 Å². The van der Waals surface area contributed by atoms with Crippen LogP contribution in [0.2, 0.25) is 58.9 Å². The molecule has 21 heavy (non-hydrogen) atoms. The fraction of sp³-hybridized carbons (Fsp3) is 1.00. The van der Waals surface area contributed by atoms with Crippen molar-refractivity contribution in [3.05, 3.63) is 0 Å². The van der Waals surface area contributed by atoms with E-state index in [1.807, 2.05) is 0 Å². The van der Waals surface area contributed by atoms with Gasteiger partial charge in [-0.3, -0.25) is 0 Å². The summed E-state index contributed by atoms with van der Waals surface area (Å²) in [4.78, 5) is 3.75. The van der Waals surface area contributed by atoms with E-state index in [2.05, 4.69) is 72.0 Å². The van der Waals surface area contributed by atoms with Crippen LogP contribution >= 0.6 is 10.0 Å². The first-order valence-corrected chi connectivity index (χ1v) is 20.6. The van der Waals surface area contributed by atoms with Crippen LogP contribution in [0.4, 0.5) is 0 Å². The van der Waals surface area contributed by atoms with Crippen molar-refractivity contribution in [1.29, 1.82) is 0 Å². The average Bonchev–Trinajstić information content (AvgIpc) is 2.22. The molecule has 0 aromatic rings. The summed E-state index contributed by atoms with van der Waals surface area (Å²) in [6.45, 7) is 26.3. The number of rotatable bonds is 10. The molecule has 0 rings (SSSR count). The van der Waals surface area contributed by atoms with Gasteiger partial charge in [-0.1, -0.05) is 0 Å². The molecule has 0 saturated heterocycles. The summed E-state index contributed by atoms with van der Waals surface area (Å²) in [5, 5.41) is 0. The van der Waals surface area contributed by atoms with E-state index in [4.69, 9.17) is 10.0 Å². The van der Waals surface area contributed by atoms with Crippen molar-refractivity contribution in [2.75, 3.05) is 26.2 Å². The third kappa shape index (κ3) is 10.7. The normalized spacial score (nSPS) is 13.9. The second kappa shape index (κ2) is 9.00. The van der Waals surface area contributed by atoms with E-state index in [1.54, 1.807) is 0 Å². The first kappa shape index (κ1) is 22.4. The summed E-state index contributed by atoms with van der Waals surface area (Å²) >= 11 is -0.0667. The van der Waals surface area contributed by atoms with E-state index >= 15 is 0 Å². The summed E-state index contributed by atoms with van der Waals surface area (Å²) in [7, 11) is 2.58. The number of nitrogens with one attached hydrogen (secondary N) is 1. The molecule has 0 fully saturated rings. The molecule has 0 saturated carbocycles. The molecule has 0 atom stereocenters. The van der Waals surface area contributed by atoms with E-state index in [-0.39, 0.29) is 14.5 Å². The first-order chi connectivity index (χ1) is 9.27. The van der Waals surface area contributed by atoms with E-state index < -0.39 is 24.7 Å². The van der Waals surface area contributed by atoms with Gasteiger partial charge in [-0.2, -0.15) is 0 Å². The SMILES string of the molecule is C[Si](C)(C)NCCN(CC[N]([Al+][Cl])[Si](C)(C)C)[Si](C)(C)C. The molecule has 0 aromatic heterocycles. The molecule has 0 bridgehead atoms. The Hall–Kier alpha value is 1.35. The van der Waals surface area contributed by atoms with Crippen molar-refractivity contribution < 1.29 is 0 Å². The first-order valence-electron chi connectivity index (χ1n) is 7.98. The molecule has 0 unspecified atom stereocenters. The molecule has 3 nitrogen and oxygen atoms in total. The van der Waals surface area contributed by atoms with Gasteiger partial charge in [0.25, 0.3) is 0 Å². The van der Waals surface area contributed by atoms with Crippen molar-refractivity contribution in [2.45, 2.75) is 58.9 Å². The summed E-state index contributed by atoms with van der Waals surface area (Å²) in [5.74, 6) is 0. The zero-order valence-corrected chi connectivity index (χ0v) is 20.6. The van der Waals surface area contributed by atoms with Crippen LogP contribution in [0.25, 0.3) is 0 Å². The zero-order chi connectivity index (χ0) is 16.9. The average molecular weight is 381 g/mol. The molecule has 0 aliphatic rings. The molecule has 0 aliphatic carbocycles. The van der Waals surface area contributed by atoms with Crippen molar-refractivity contribution in [1.82, 2.24) is 13.1 Å². The number of nitrogens with zero attached hydrogens (tertiary/aromatic N) is 2. The molecular weight excluding hydrogens is 345 g/mol. The molecule has 0 aromatic carbocycles. The number of halogens is 1. The second-order valence-electron chi connectivity index (χ2n) is 8.80. The Morgan fingerprint density at radius 1 is 0.810 bits per heavy atom. The van der Waals surface area contributed by atoms with Gasteiger partial charge in [0, 0.05) is 0 Å². The van der Waals surface area contributed by atoms with Crippen molar-refractivity contribution >= 4 is 49.3 Å². The summed E-state index contributed by atoms with van der Waals surface area (Å²) in [6.07, 6.45) is 0. The monoisotopic (exact) mass is 380 g/mol. The Morgan fingerprint density at radius 2 is 1.33 bits per heavy atom. The third-order valence-corrected chi connectivity index (χ3v) is 13.6. The van der Waals surface area contributed by atoms with Crippen LogP contribution in [0.1, 0.15) is 0 Å². The molecule has 0 aliphatic heterocycles. The van der Waals surface area contributed by atoms with Crippen LogP contribution in [0.15, 0.2) is 0 Å². The molecule has 0 radical (unpaired) electrons. The van der Waals surface area contributed by atoms with Gasteiger partial charge in [0.05, 0.1) is 0 Å².